The van der Waals surface area contributed by atoms with Gasteiger partial charge >= 0.3 is 5.97 Å². The first-order chi connectivity index (χ1) is 14.6. The molecule has 1 amide bonds. The third-order valence-electron chi connectivity index (χ3n) is 5.10. The molecule has 1 unspecified atom stereocenters. The number of methoxy groups -OCH3 is 1. The number of hydrogen-bond donors (Lipinski definition) is 1. The van der Waals surface area contributed by atoms with Crippen molar-refractivity contribution in [3.63, 3.8) is 0 Å². The molecule has 0 bridgehead atoms. The molecule has 0 aromatic heterocycles. The number of fused-ring (bicyclic) bond motifs is 1. The number of ether oxygens (including phenoxy) is 2. The molecule has 0 aliphatic carbocycles. The second kappa shape index (κ2) is 7.91. The van der Waals surface area contributed by atoms with E-state index in [0.29, 0.717) is 28.3 Å². The maximum Gasteiger partial charge on any atom is 0.358 e. The van der Waals surface area contributed by atoms with E-state index < -0.39 is 11.6 Å². The van der Waals surface area contributed by atoms with Gasteiger partial charge in [0.05, 0.1) is 25.0 Å². The summed E-state index contributed by atoms with van der Waals surface area (Å²) in [5.41, 5.74) is 0.461. The largest absolute Gasteiger partial charge is 0.495 e. The van der Waals surface area contributed by atoms with Crippen molar-refractivity contribution in [3.8, 4) is 5.75 Å². The molecule has 3 aromatic rings. The van der Waals surface area contributed by atoms with E-state index in [9.17, 15) is 9.59 Å². The number of nitrogens with zero attached hydrogens (tertiary/aromatic N) is 1. The Morgan fingerprint density at radius 3 is 2.37 bits per heavy atom. The van der Waals surface area contributed by atoms with E-state index >= 15 is 0 Å². The maximum absolute atomic E-state index is 13.8. The predicted octanol–water partition coefficient (Wildman–Crippen LogP) is 4.18. The number of nitrogens with one attached hydrogen (secondary N) is 1. The van der Waals surface area contributed by atoms with Crippen LogP contribution >= 0.6 is 0 Å². The van der Waals surface area contributed by atoms with Gasteiger partial charge in [-0.3, -0.25) is 9.69 Å². The van der Waals surface area contributed by atoms with Crippen molar-refractivity contribution in [1.29, 1.82) is 0 Å². The van der Waals surface area contributed by atoms with Gasteiger partial charge in [-0.1, -0.05) is 54.6 Å². The first-order valence-electron chi connectivity index (χ1n) is 9.71. The zero-order valence-electron chi connectivity index (χ0n) is 16.8. The van der Waals surface area contributed by atoms with Crippen LogP contribution in [0.5, 0.6) is 5.75 Å². The minimum absolute atomic E-state index is 0.171. The number of esters is 1. The Hall–Kier alpha value is -3.80. The molecular weight excluding hydrogens is 380 g/mol. The van der Waals surface area contributed by atoms with Gasteiger partial charge in [-0.05, 0) is 31.2 Å². The number of anilines is 2. The van der Waals surface area contributed by atoms with Crippen LogP contribution in [-0.4, -0.2) is 25.6 Å². The molecule has 6 heteroatoms. The molecule has 152 valence electrons. The number of benzene rings is 3. The summed E-state index contributed by atoms with van der Waals surface area (Å²) in [5, 5.41) is 3.32. The summed E-state index contributed by atoms with van der Waals surface area (Å²) in [5.74, 6) is -0.438. The Kier molecular flexibility index (Phi) is 5.14. The van der Waals surface area contributed by atoms with Crippen molar-refractivity contribution in [2.75, 3.05) is 23.9 Å². The fraction of sp³-hybridized carbons (Fsp3) is 0.167. The lowest BCUT2D eigenvalue weighted by Gasteiger charge is -2.46. The molecule has 1 heterocycles. The van der Waals surface area contributed by atoms with Gasteiger partial charge in [-0.25, -0.2) is 4.79 Å². The van der Waals surface area contributed by atoms with E-state index in [1.807, 2.05) is 30.3 Å². The maximum atomic E-state index is 13.8. The summed E-state index contributed by atoms with van der Waals surface area (Å²) in [4.78, 5) is 28.8. The topological polar surface area (TPSA) is 67.9 Å². The molecule has 0 radical (unpaired) electrons. The van der Waals surface area contributed by atoms with E-state index in [2.05, 4.69) is 5.32 Å². The first kappa shape index (κ1) is 19.5. The van der Waals surface area contributed by atoms with Crippen LogP contribution in [0.4, 0.5) is 11.4 Å². The summed E-state index contributed by atoms with van der Waals surface area (Å²) >= 11 is 0. The highest BCUT2D eigenvalue weighted by Gasteiger charge is 2.54. The summed E-state index contributed by atoms with van der Waals surface area (Å²) in [7, 11) is 1.53. The quantitative estimate of drug-likeness (QED) is 0.649. The zero-order chi connectivity index (χ0) is 21.1. The Balaban J connectivity index is 2.06. The molecule has 30 heavy (non-hydrogen) atoms. The van der Waals surface area contributed by atoms with Crippen molar-refractivity contribution in [3.05, 3.63) is 90.0 Å². The molecule has 1 aliphatic heterocycles. The lowest BCUT2D eigenvalue weighted by Crippen LogP contribution is -2.63. The fourth-order valence-electron chi connectivity index (χ4n) is 3.78. The SMILES string of the molecule is CCOC(=O)C1(c2ccccc2)Nc2ccccc2C(=O)N1c1ccccc1OC. The van der Waals surface area contributed by atoms with Crippen LogP contribution in [0, 0.1) is 0 Å². The van der Waals surface area contributed by atoms with E-state index in [0.717, 1.165) is 0 Å². The molecule has 0 saturated carbocycles. The molecule has 1 atom stereocenters. The summed E-state index contributed by atoms with van der Waals surface area (Å²) in [6.07, 6.45) is 0. The van der Waals surface area contributed by atoms with Gasteiger partial charge in [-0.15, -0.1) is 0 Å². The number of para-hydroxylation sites is 3. The smallest absolute Gasteiger partial charge is 0.358 e. The lowest BCUT2D eigenvalue weighted by atomic mass is 9.91. The van der Waals surface area contributed by atoms with Crippen LogP contribution in [0.3, 0.4) is 0 Å². The standard InChI is InChI=1S/C24H22N2O4/c1-3-30-23(28)24(17-11-5-4-6-12-17)25-19-14-8-7-13-18(19)22(27)26(24)20-15-9-10-16-21(20)29-2/h4-16,25H,3H2,1-2H3. The minimum Gasteiger partial charge on any atom is -0.495 e. The van der Waals surface area contributed by atoms with Crippen LogP contribution in [-0.2, 0) is 15.2 Å². The Bertz CT molecular complexity index is 1080. The second-order valence-electron chi connectivity index (χ2n) is 6.78. The van der Waals surface area contributed by atoms with Crippen LogP contribution in [0.25, 0.3) is 0 Å². The third-order valence-corrected chi connectivity index (χ3v) is 5.10. The van der Waals surface area contributed by atoms with Gasteiger partial charge in [0.2, 0.25) is 5.66 Å². The average Bonchev–Trinajstić information content (AvgIpc) is 2.79. The first-order valence-corrected chi connectivity index (χ1v) is 9.71. The van der Waals surface area contributed by atoms with Gasteiger partial charge in [0, 0.05) is 11.3 Å². The van der Waals surface area contributed by atoms with Crippen molar-refractivity contribution < 1.29 is 19.1 Å². The van der Waals surface area contributed by atoms with Crippen molar-refractivity contribution in [2.45, 2.75) is 12.6 Å². The normalized spacial score (nSPS) is 17.7. The predicted molar refractivity (Wildman–Crippen MR) is 115 cm³/mol. The monoisotopic (exact) mass is 402 g/mol. The van der Waals surface area contributed by atoms with E-state index in [4.69, 9.17) is 9.47 Å². The molecule has 1 aliphatic rings. The summed E-state index contributed by atoms with van der Waals surface area (Å²) in [6.45, 7) is 1.91. The Morgan fingerprint density at radius 1 is 0.967 bits per heavy atom. The molecule has 3 aromatic carbocycles. The molecule has 0 saturated heterocycles. The third kappa shape index (κ3) is 2.97. The van der Waals surface area contributed by atoms with E-state index in [-0.39, 0.29) is 12.5 Å². The highest BCUT2D eigenvalue weighted by atomic mass is 16.5. The second-order valence-corrected chi connectivity index (χ2v) is 6.78. The molecule has 6 nitrogen and oxygen atoms in total. The number of carbonyl (C=O) groups is 2. The highest BCUT2D eigenvalue weighted by Crippen LogP contribution is 2.44. The average molecular weight is 402 g/mol. The molecule has 1 N–H and O–H groups in total. The highest BCUT2D eigenvalue weighted by molar-refractivity contribution is 6.17. The summed E-state index contributed by atoms with van der Waals surface area (Å²) in [6, 6.07) is 23.3. The molecule has 4 rings (SSSR count). The number of amides is 1. The van der Waals surface area contributed by atoms with Gasteiger partial charge < -0.3 is 14.8 Å². The lowest BCUT2D eigenvalue weighted by molar-refractivity contribution is -0.148. The minimum atomic E-state index is -1.60. The van der Waals surface area contributed by atoms with E-state index in [1.54, 1.807) is 55.5 Å². The van der Waals surface area contributed by atoms with Crippen molar-refractivity contribution in [2.24, 2.45) is 0 Å². The van der Waals surface area contributed by atoms with Crippen LogP contribution in [0.1, 0.15) is 22.8 Å². The van der Waals surface area contributed by atoms with Gasteiger partial charge in [-0.2, -0.15) is 0 Å². The molecule has 0 fully saturated rings. The van der Waals surface area contributed by atoms with Gasteiger partial charge in [0.15, 0.2) is 0 Å². The number of hydrogen-bond acceptors (Lipinski definition) is 5. The van der Waals surface area contributed by atoms with Crippen LogP contribution in [0.2, 0.25) is 0 Å². The van der Waals surface area contributed by atoms with E-state index in [1.165, 1.54) is 12.0 Å². The van der Waals surface area contributed by atoms with Crippen LogP contribution in [0.15, 0.2) is 78.9 Å². The fourth-order valence-corrected chi connectivity index (χ4v) is 3.78. The summed E-state index contributed by atoms with van der Waals surface area (Å²) < 4.78 is 11.0. The van der Waals surface area contributed by atoms with Crippen molar-refractivity contribution >= 4 is 23.3 Å². The number of carbonyl (C=O) groups excluding carboxylic acids is 2. The van der Waals surface area contributed by atoms with Crippen LogP contribution < -0.4 is 15.0 Å². The van der Waals surface area contributed by atoms with Gasteiger partial charge in [0.25, 0.3) is 5.91 Å². The van der Waals surface area contributed by atoms with Gasteiger partial charge in [0.1, 0.15) is 5.75 Å². The Labute approximate surface area is 175 Å². The van der Waals surface area contributed by atoms with Crippen molar-refractivity contribution in [1.82, 2.24) is 0 Å². The zero-order valence-corrected chi connectivity index (χ0v) is 16.8. The Morgan fingerprint density at radius 2 is 1.63 bits per heavy atom. The molecular formula is C24H22N2O4. The number of rotatable bonds is 5. The molecule has 0 spiro atoms.